The van der Waals surface area contributed by atoms with Crippen molar-refractivity contribution in [1.29, 1.82) is 0 Å². The van der Waals surface area contributed by atoms with Crippen LogP contribution in [0, 0.1) is 0 Å². The molecule has 0 radical (unpaired) electrons. The molecule has 3 aliphatic rings. The van der Waals surface area contributed by atoms with Crippen molar-refractivity contribution >= 4 is 5.95 Å². The van der Waals surface area contributed by atoms with E-state index in [2.05, 4.69) is 35.6 Å². The molecule has 2 aromatic heterocycles. The quantitative estimate of drug-likeness (QED) is 0.582. The number of aromatic hydroxyl groups is 1. The third kappa shape index (κ3) is 3.42. The number of H-pyrrole nitrogens is 1. The lowest BCUT2D eigenvalue weighted by molar-refractivity contribution is 0.271. The lowest BCUT2D eigenvalue weighted by Crippen LogP contribution is -2.50. The van der Waals surface area contributed by atoms with Gasteiger partial charge >= 0.3 is 0 Å². The second-order valence-corrected chi connectivity index (χ2v) is 8.85. The highest BCUT2D eigenvalue weighted by molar-refractivity contribution is 5.73. The van der Waals surface area contributed by atoms with Gasteiger partial charge in [-0.25, -0.2) is 9.37 Å². The number of piperidine rings is 1. The summed E-state index contributed by atoms with van der Waals surface area (Å²) in [5.41, 5.74) is 2.86. The summed E-state index contributed by atoms with van der Waals surface area (Å²) in [6.07, 6.45) is 8.89. The van der Waals surface area contributed by atoms with Crippen LogP contribution in [0.4, 0.5) is 10.3 Å². The minimum absolute atomic E-state index is 0.0667. The smallest absolute Gasteiger partial charge is 0.245 e. The number of fused-ring (bicyclic) bond motifs is 2. The Hall–Kier alpha value is -3.07. The number of aromatic nitrogens is 5. The topological polar surface area (TPSA) is 103 Å². The molecule has 8 nitrogen and oxygen atoms in total. The van der Waals surface area contributed by atoms with E-state index < -0.39 is 6.17 Å². The number of halogens is 1. The Labute approximate surface area is 178 Å². The fourth-order valence-electron chi connectivity index (χ4n) is 5.06. The van der Waals surface area contributed by atoms with E-state index >= 15 is 0 Å². The molecule has 3 fully saturated rings. The summed E-state index contributed by atoms with van der Waals surface area (Å²) in [5.74, 6) is 0.716. The third-order valence-electron chi connectivity index (χ3n) is 6.70. The van der Waals surface area contributed by atoms with E-state index in [1.807, 2.05) is 12.1 Å². The number of nitrogens with zero attached hydrogens (tertiary/aromatic N) is 5. The van der Waals surface area contributed by atoms with Crippen LogP contribution in [0.25, 0.3) is 22.4 Å². The molecule has 0 spiro atoms. The Morgan fingerprint density at radius 2 is 1.94 bits per heavy atom. The molecule has 1 aliphatic carbocycles. The lowest BCUT2D eigenvalue weighted by Gasteiger charge is -2.37. The van der Waals surface area contributed by atoms with Gasteiger partial charge in [0.05, 0.1) is 12.4 Å². The fourth-order valence-corrected chi connectivity index (χ4v) is 5.06. The number of anilines is 1. The van der Waals surface area contributed by atoms with E-state index in [1.165, 1.54) is 0 Å². The molecule has 160 valence electrons. The summed E-state index contributed by atoms with van der Waals surface area (Å²) in [7, 11) is 0. The van der Waals surface area contributed by atoms with Crippen molar-refractivity contribution in [3.8, 4) is 28.1 Å². The van der Waals surface area contributed by atoms with Gasteiger partial charge in [0.2, 0.25) is 5.95 Å². The zero-order chi connectivity index (χ0) is 20.9. The first-order valence-corrected chi connectivity index (χ1v) is 10.9. The van der Waals surface area contributed by atoms with Crippen LogP contribution in [0.1, 0.15) is 32.1 Å². The molecule has 4 heterocycles. The maximum Gasteiger partial charge on any atom is 0.245 e. The van der Waals surface area contributed by atoms with Gasteiger partial charge in [0.15, 0.2) is 0 Å². The molecule has 2 aliphatic heterocycles. The summed E-state index contributed by atoms with van der Waals surface area (Å²) >= 11 is 0. The highest BCUT2D eigenvalue weighted by Gasteiger charge is 2.46. The number of hydrogen-bond acceptors (Lipinski definition) is 7. The number of phenols is 1. The van der Waals surface area contributed by atoms with Gasteiger partial charge < -0.3 is 15.3 Å². The molecule has 4 atom stereocenters. The van der Waals surface area contributed by atoms with Crippen molar-refractivity contribution in [1.82, 2.24) is 30.7 Å². The van der Waals surface area contributed by atoms with Crippen LogP contribution in [-0.4, -0.2) is 60.8 Å². The molecule has 1 saturated carbocycles. The Morgan fingerprint density at radius 3 is 2.61 bits per heavy atom. The van der Waals surface area contributed by atoms with Gasteiger partial charge in [0.25, 0.3) is 0 Å². The lowest BCUT2D eigenvalue weighted by atomic mass is 9.98. The molecule has 2 saturated heterocycles. The number of nitrogens with one attached hydrogen (secondary N) is 2. The predicted octanol–water partition coefficient (Wildman–Crippen LogP) is 2.83. The molecule has 31 heavy (non-hydrogen) atoms. The van der Waals surface area contributed by atoms with Gasteiger partial charge in [-0.05, 0) is 49.8 Å². The number of aromatic amines is 1. The Morgan fingerprint density at radius 1 is 1.03 bits per heavy atom. The van der Waals surface area contributed by atoms with Crippen LogP contribution in [0.5, 0.6) is 5.75 Å². The summed E-state index contributed by atoms with van der Waals surface area (Å²) < 4.78 is 14.2. The van der Waals surface area contributed by atoms with Crippen LogP contribution >= 0.6 is 0 Å². The Kier molecular flexibility index (Phi) is 4.38. The van der Waals surface area contributed by atoms with Crippen molar-refractivity contribution < 1.29 is 9.50 Å². The molecule has 3 aromatic rings. The van der Waals surface area contributed by atoms with Crippen LogP contribution in [-0.2, 0) is 0 Å². The molecular weight excluding hydrogens is 397 g/mol. The van der Waals surface area contributed by atoms with E-state index in [-0.39, 0.29) is 23.9 Å². The second kappa shape index (κ2) is 7.26. The van der Waals surface area contributed by atoms with Crippen molar-refractivity contribution in [2.24, 2.45) is 0 Å². The molecule has 9 heteroatoms. The first-order valence-electron chi connectivity index (χ1n) is 10.9. The highest BCUT2D eigenvalue weighted by atomic mass is 19.1. The van der Waals surface area contributed by atoms with Crippen LogP contribution in [0.3, 0.4) is 0 Å². The van der Waals surface area contributed by atoms with Gasteiger partial charge in [-0.3, -0.25) is 5.10 Å². The average Bonchev–Trinajstić information content (AvgIpc) is 3.37. The summed E-state index contributed by atoms with van der Waals surface area (Å²) in [5, 5.41) is 29.4. The van der Waals surface area contributed by atoms with E-state index in [9.17, 15) is 9.50 Å². The molecule has 3 N–H and O–H groups in total. The number of rotatable bonds is 5. The summed E-state index contributed by atoms with van der Waals surface area (Å²) in [6, 6.07) is 6.22. The zero-order valence-corrected chi connectivity index (χ0v) is 16.9. The molecule has 0 unspecified atom stereocenters. The van der Waals surface area contributed by atoms with E-state index in [1.54, 1.807) is 24.7 Å². The molecule has 1 aromatic carbocycles. The van der Waals surface area contributed by atoms with Crippen LogP contribution in [0.15, 0.2) is 36.8 Å². The molecule has 2 bridgehead atoms. The van der Waals surface area contributed by atoms with Crippen molar-refractivity contribution in [2.75, 3.05) is 4.90 Å². The predicted molar refractivity (Wildman–Crippen MR) is 113 cm³/mol. The SMILES string of the molecule is Oc1cc(-c2cn[nH]c2)ccc1-c1cnc(N(C2CC2)[C@@H]2C[C@H]3C[C@H](F)[C@@H](C2)N3)nn1. The number of hydrogen-bond donors (Lipinski definition) is 3. The maximum atomic E-state index is 14.2. The minimum atomic E-state index is -0.759. The van der Waals surface area contributed by atoms with Gasteiger partial charge in [0, 0.05) is 41.5 Å². The number of phenolic OH excluding ortho intramolecular Hbond substituents is 1. The monoisotopic (exact) mass is 421 g/mol. The van der Waals surface area contributed by atoms with Gasteiger partial charge in [0.1, 0.15) is 17.6 Å². The van der Waals surface area contributed by atoms with Crippen LogP contribution in [0.2, 0.25) is 0 Å². The largest absolute Gasteiger partial charge is 0.507 e. The second-order valence-electron chi connectivity index (χ2n) is 8.85. The average molecular weight is 421 g/mol. The van der Waals surface area contributed by atoms with E-state index in [0.29, 0.717) is 29.7 Å². The fraction of sp³-hybridized carbons (Fsp3) is 0.455. The molecule has 0 amide bonds. The highest BCUT2D eigenvalue weighted by Crippen LogP contribution is 2.39. The van der Waals surface area contributed by atoms with Crippen molar-refractivity contribution in [3.63, 3.8) is 0 Å². The van der Waals surface area contributed by atoms with E-state index in [0.717, 1.165) is 36.8 Å². The Balaban J connectivity index is 1.25. The number of alkyl halides is 1. The van der Waals surface area contributed by atoms with Gasteiger partial charge in [-0.1, -0.05) is 6.07 Å². The van der Waals surface area contributed by atoms with Crippen molar-refractivity contribution in [3.05, 3.63) is 36.8 Å². The normalized spacial score (nSPS) is 27.4. The maximum absolute atomic E-state index is 14.2. The first-order chi connectivity index (χ1) is 15.2. The first kappa shape index (κ1) is 18.7. The minimum Gasteiger partial charge on any atom is -0.507 e. The van der Waals surface area contributed by atoms with Gasteiger partial charge in [-0.2, -0.15) is 5.10 Å². The molecular formula is C22H24FN7O. The zero-order valence-electron chi connectivity index (χ0n) is 16.9. The van der Waals surface area contributed by atoms with Gasteiger partial charge in [-0.15, -0.1) is 10.2 Å². The Bertz CT molecular complexity index is 1070. The molecule has 6 rings (SSSR count). The third-order valence-corrected chi connectivity index (χ3v) is 6.70. The van der Waals surface area contributed by atoms with E-state index in [4.69, 9.17) is 0 Å². The summed E-state index contributed by atoms with van der Waals surface area (Å²) in [4.78, 5) is 6.87. The summed E-state index contributed by atoms with van der Waals surface area (Å²) in [6.45, 7) is 0. The number of benzene rings is 1. The van der Waals surface area contributed by atoms with Crippen LogP contribution < -0.4 is 10.2 Å². The standard InChI is InChI=1S/C22H24FN7O/c23-18-7-14-6-16(8-19(18)27-14)30(15-2-3-15)22-24-11-20(28-29-22)17-4-1-12(5-21(17)31)13-9-25-26-10-13/h1,4-5,9-11,14-16,18-19,27,31H,2-3,6-8H2,(H,25,26)/t14-,16+,18-,19+/m0/s1. The van der Waals surface area contributed by atoms with Crippen molar-refractivity contribution in [2.45, 2.75) is 62.4 Å².